The van der Waals surface area contributed by atoms with Gasteiger partial charge in [-0.1, -0.05) is 158 Å². The minimum Gasteiger partial charge on any atom is -1.00 e. The second kappa shape index (κ2) is 29.7. The quantitative estimate of drug-likeness (QED) is 0.114. The molecule has 15 aliphatic rings. The summed E-state index contributed by atoms with van der Waals surface area (Å²) in [5.41, 5.74) is 24.7. The van der Waals surface area contributed by atoms with Crippen LogP contribution in [0.5, 0.6) is 0 Å². The number of hydrogen-bond donors (Lipinski definition) is 6. The molecule has 15 rings (SSSR count). The molecular formula is C91H136AlLiN3NaO9. The second-order valence-corrected chi connectivity index (χ2v) is 39.7. The molecule has 0 unspecified atom stereocenters. The van der Waals surface area contributed by atoms with Gasteiger partial charge in [-0.3, -0.25) is 19.2 Å². The maximum atomic E-state index is 12.8. The fourth-order valence-electron chi connectivity index (χ4n) is 26.4. The molecular weight excluding hydrogens is 1340 g/mol. The average Bonchev–Trinajstić information content (AvgIpc) is 0.685. The van der Waals surface area contributed by atoms with Gasteiger partial charge in [0.15, 0.2) is 28.9 Å². The third-order valence-electron chi connectivity index (χ3n) is 34.7. The summed E-state index contributed by atoms with van der Waals surface area (Å²) < 4.78 is 0. The molecule has 0 heterocycles. The zero-order valence-corrected chi connectivity index (χ0v) is 70.3. The summed E-state index contributed by atoms with van der Waals surface area (Å²) >= 11 is 0. The summed E-state index contributed by atoms with van der Waals surface area (Å²) in [6, 6.07) is 2.67. The van der Waals surface area contributed by atoms with Crippen molar-refractivity contribution in [2.24, 2.45) is 116 Å². The Balaban J connectivity index is 0.000000240. The van der Waals surface area contributed by atoms with Gasteiger partial charge in [0.05, 0.1) is 23.5 Å². The van der Waals surface area contributed by atoms with Gasteiger partial charge in [0.2, 0.25) is 23.1 Å². The zero-order chi connectivity index (χ0) is 75.6. The van der Waals surface area contributed by atoms with Crippen LogP contribution in [0.15, 0.2) is 128 Å². The van der Waals surface area contributed by atoms with Crippen molar-refractivity contribution in [2.75, 3.05) is 33.9 Å². The predicted molar refractivity (Wildman–Crippen MR) is 423 cm³/mol. The molecule has 0 spiro atoms. The fourth-order valence-corrected chi connectivity index (χ4v) is 26.4. The summed E-state index contributed by atoms with van der Waals surface area (Å²) in [6.07, 6.45) is 42.6. The Labute approximate surface area is 685 Å². The van der Waals surface area contributed by atoms with E-state index < -0.39 is 17.0 Å². The first kappa shape index (κ1) is 90.0. The first-order chi connectivity index (χ1) is 47.4. The van der Waals surface area contributed by atoms with Crippen LogP contribution in [-0.2, 0) is 19.2 Å². The Morgan fingerprint density at radius 3 is 1.11 bits per heavy atom. The number of hydrogen-bond acceptors (Lipinski definition) is 12. The van der Waals surface area contributed by atoms with Gasteiger partial charge in [0, 0.05) is 34.5 Å². The van der Waals surface area contributed by atoms with Gasteiger partial charge in [0.25, 0.3) is 0 Å². The summed E-state index contributed by atoms with van der Waals surface area (Å²) in [5, 5.41) is 56.0. The summed E-state index contributed by atoms with van der Waals surface area (Å²) in [6.45, 7) is 43.2. The van der Waals surface area contributed by atoms with Gasteiger partial charge in [-0.05, 0) is 305 Å². The number of aliphatic hydroxyl groups excluding tert-OH is 4. The molecule has 8 N–H and O–H groups in total. The Morgan fingerprint density at radius 2 is 0.774 bits per heavy atom. The Morgan fingerprint density at radius 1 is 0.462 bits per heavy atom. The van der Waals surface area contributed by atoms with Crippen molar-refractivity contribution in [2.45, 2.75) is 267 Å². The van der Waals surface area contributed by atoms with E-state index in [2.05, 4.69) is 146 Å². The summed E-state index contributed by atoms with van der Waals surface area (Å²) in [4.78, 5) is 50.8. The van der Waals surface area contributed by atoms with Crippen molar-refractivity contribution in [3.8, 4) is 6.07 Å². The number of nitriles is 1. The van der Waals surface area contributed by atoms with Crippen LogP contribution >= 0.6 is 0 Å². The van der Waals surface area contributed by atoms with Crippen LogP contribution in [0.4, 0.5) is 0 Å². The smallest absolute Gasteiger partial charge is 1.00 e. The number of carbonyl (C=O) groups excluding carboxylic acids is 4. The molecule has 0 saturated heterocycles. The second-order valence-electron chi connectivity index (χ2n) is 39.7. The zero-order valence-electron chi connectivity index (χ0n) is 69.3. The maximum Gasteiger partial charge on any atom is 1.00 e. The largest absolute Gasteiger partial charge is 1.00 e. The van der Waals surface area contributed by atoms with Crippen LogP contribution in [0.25, 0.3) is 0 Å². The van der Waals surface area contributed by atoms with Crippen LogP contribution < -0.4 is 65.0 Å². The third kappa shape index (κ3) is 12.6. The van der Waals surface area contributed by atoms with E-state index in [1.807, 2.05) is 13.8 Å². The molecule has 0 aliphatic heterocycles. The molecule has 0 bridgehead atoms. The SMILES string of the molecule is C.CC1=C(O)C(=O)C=C2C1=CC=C1[C@@]2(C)CC[C@@]2(C)[C@@H]3C[C@](C)(C#N)CC[C@]3(C)CC[C@]12C.CC1=C(O)C(=O)C=C2C1=CC=C1[C@@]2(C)CC[C@@]2(C)[C@@H]3C[C@](C)(CN)CC[C@]3(C)CC[C@]12C.CO.C[C@@]1(CN)CC[C@]2(C)CC[C@]3(C)C4=CC=C5C(=CC(=O)C(=O)[C@@]5(C)CO)[C@]4(C)CC[C@@]3(C)[C@@H]2C1.C[O-].[AlH3].[H-].[Li+].[Na+]. The molecule has 9 fully saturated rings. The van der Waals surface area contributed by atoms with E-state index in [0.717, 1.165) is 131 Å². The van der Waals surface area contributed by atoms with E-state index >= 15 is 0 Å². The van der Waals surface area contributed by atoms with Crippen molar-refractivity contribution in [3.05, 3.63) is 128 Å². The number of Topliss-reactive ketones (excluding diaryl/α,β-unsaturated/α-hetero) is 1. The Kier molecular flexibility index (Phi) is 25.2. The van der Waals surface area contributed by atoms with Gasteiger partial charge in [0.1, 0.15) is 0 Å². The van der Waals surface area contributed by atoms with Crippen molar-refractivity contribution in [1.29, 1.82) is 5.26 Å². The van der Waals surface area contributed by atoms with Crippen molar-refractivity contribution in [1.82, 2.24) is 0 Å². The van der Waals surface area contributed by atoms with Crippen LogP contribution in [0.1, 0.15) is 268 Å². The molecule has 15 aliphatic carbocycles. The molecule has 9 saturated carbocycles. The topological polar surface area (TPSA) is 248 Å². The van der Waals surface area contributed by atoms with Crippen LogP contribution in [0.3, 0.4) is 0 Å². The van der Waals surface area contributed by atoms with Gasteiger partial charge in [-0.2, -0.15) is 12.4 Å². The Hall–Kier alpha value is -3.16. The molecule has 106 heavy (non-hydrogen) atoms. The standard InChI is InChI=1S/C30H43NO3.C29H41NO2.C29H37NO2.CH4O.CH3O.CH4.Al.Li.Na.4H/c1-25(17-31)9-10-26(2)11-13-29(5)22-8-7-19-20(15-21(33)24(34)28(19,4)18-32)27(22,3)12-14-30(29,6)23(26)16-25;2*1-18-19-7-8-22-27(4,20(19)15-21(31)24(18)32)12-14-29(6)23-16-25(2,17-30)9-10-26(23,3)11-13-28(22,29)5;2*1-2;;;;;;;;/h7-8,15,23,32H,9-14,16-18,31H2,1-6H3;7-8,15,23,32H,9-14,16-17,30H2,1-6H3;7-8,15,23,32H,9-14,16H2,1-6H3;2H,1H3;1H3;1H4;;;;;;;/q;;;;-1;;;2*+1;;;;-1/t23-,25-,26-,27+,28+,29-,30+;2*23-,25-,26-,27+,28-,29+;;;;;;;;;;/m111........../s1. The van der Waals surface area contributed by atoms with E-state index in [4.69, 9.17) is 21.7 Å². The summed E-state index contributed by atoms with van der Waals surface area (Å²) in [7, 11) is 1.75. The molecule has 0 aromatic carbocycles. The summed E-state index contributed by atoms with van der Waals surface area (Å²) in [5.74, 6) is 0.142. The number of ketones is 4. The Bertz CT molecular complexity index is 4040. The maximum absolute atomic E-state index is 12.8. The number of rotatable bonds is 3. The van der Waals surface area contributed by atoms with E-state index in [9.17, 15) is 39.8 Å². The first-order valence-electron chi connectivity index (χ1n) is 39.1. The van der Waals surface area contributed by atoms with E-state index in [1.165, 1.54) is 87.3 Å². The number of aliphatic hydroxyl groups is 4. The van der Waals surface area contributed by atoms with Crippen molar-refractivity contribution < 1.29 is 94.6 Å². The minimum atomic E-state index is -1.15. The van der Waals surface area contributed by atoms with E-state index in [0.29, 0.717) is 39.6 Å². The predicted octanol–water partition coefficient (Wildman–Crippen LogP) is 11.2. The van der Waals surface area contributed by atoms with Gasteiger partial charge in [-0.15, -0.1) is 0 Å². The molecule has 0 amide bonds. The number of fused-ring (bicyclic) bond motifs is 21. The number of nitrogens with two attached hydrogens (primary N) is 2. The molecule has 12 nitrogen and oxygen atoms in total. The number of nitrogens with zero attached hydrogens (tertiary/aromatic N) is 1. The van der Waals surface area contributed by atoms with Crippen molar-refractivity contribution in [3.63, 3.8) is 0 Å². The minimum absolute atomic E-state index is 0. The fraction of sp³-hybridized carbons (Fsp3) is 0.703. The van der Waals surface area contributed by atoms with Crippen molar-refractivity contribution >= 4 is 40.5 Å². The van der Waals surface area contributed by atoms with Gasteiger partial charge in [-0.25, -0.2) is 0 Å². The molecule has 574 valence electrons. The molecule has 0 radical (unpaired) electrons. The molecule has 15 heteroatoms. The molecule has 0 aromatic heterocycles. The monoisotopic (exact) mass is 1470 g/mol. The van der Waals surface area contributed by atoms with Gasteiger partial charge >= 0.3 is 48.4 Å². The average molecular weight is 1470 g/mol. The molecule has 19 atom stereocenters. The normalized spacial score (nSPS) is 45.1. The van der Waals surface area contributed by atoms with Crippen LogP contribution in [-0.4, -0.2) is 94.8 Å². The first-order valence-corrected chi connectivity index (χ1v) is 39.1. The number of allylic oxidation sites excluding steroid dienone is 19. The van der Waals surface area contributed by atoms with Gasteiger partial charge < -0.3 is 38.4 Å². The van der Waals surface area contributed by atoms with Crippen LogP contribution in [0.2, 0.25) is 0 Å². The number of carbonyl (C=O) groups is 4. The van der Waals surface area contributed by atoms with Crippen LogP contribution in [0, 0.1) is 116 Å². The van der Waals surface area contributed by atoms with E-state index in [1.54, 1.807) is 25.2 Å². The van der Waals surface area contributed by atoms with E-state index in [-0.39, 0.29) is 169 Å². The molecule has 0 aromatic rings. The third-order valence-corrected chi connectivity index (χ3v) is 34.7.